The molecular formula is C11H21NO4. The van der Waals surface area contributed by atoms with Crippen molar-refractivity contribution in [2.45, 2.75) is 31.1 Å². The van der Waals surface area contributed by atoms with Crippen LogP contribution in [-0.2, 0) is 14.2 Å². The predicted octanol–water partition coefficient (Wildman–Crippen LogP) is -0.469. The van der Waals surface area contributed by atoms with E-state index in [2.05, 4.69) is 5.32 Å². The molecule has 0 aromatic carbocycles. The topological polar surface area (TPSA) is 60.0 Å². The summed E-state index contributed by atoms with van der Waals surface area (Å²) in [5.41, 5.74) is 0. The second-order valence-electron chi connectivity index (χ2n) is 4.47. The van der Waals surface area contributed by atoms with Crippen molar-refractivity contribution in [3.05, 3.63) is 0 Å². The van der Waals surface area contributed by atoms with E-state index < -0.39 is 6.10 Å². The monoisotopic (exact) mass is 231 g/mol. The van der Waals surface area contributed by atoms with Crippen LogP contribution in [0.3, 0.4) is 0 Å². The van der Waals surface area contributed by atoms with Crippen LogP contribution in [0, 0.1) is 0 Å². The van der Waals surface area contributed by atoms with Crippen molar-refractivity contribution in [2.75, 3.05) is 39.6 Å². The fourth-order valence-corrected chi connectivity index (χ4v) is 1.83. The highest BCUT2D eigenvalue weighted by Gasteiger charge is 2.19. The number of aliphatic hydroxyl groups is 1. The first-order valence-electron chi connectivity index (χ1n) is 6.03. The van der Waals surface area contributed by atoms with Crippen molar-refractivity contribution in [3.8, 4) is 0 Å². The van der Waals surface area contributed by atoms with Gasteiger partial charge in [-0.05, 0) is 12.8 Å². The van der Waals surface area contributed by atoms with Gasteiger partial charge < -0.3 is 24.6 Å². The Labute approximate surface area is 96.1 Å². The number of aliphatic hydroxyl groups excluding tert-OH is 1. The van der Waals surface area contributed by atoms with Gasteiger partial charge in [-0.25, -0.2) is 0 Å². The Hall–Kier alpha value is -0.200. The minimum Gasteiger partial charge on any atom is -0.389 e. The minimum atomic E-state index is -0.443. The van der Waals surface area contributed by atoms with Crippen molar-refractivity contribution >= 4 is 0 Å². The number of hydrogen-bond donors (Lipinski definition) is 2. The summed E-state index contributed by atoms with van der Waals surface area (Å²) >= 11 is 0. The Morgan fingerprint density at radius 3 is 2.94 bits per heavy atom. The van der Waals surface area contributed by atoms with E-state index in [9.17, 15) is 5.11 Å². The van der Waals surface area contributed by atoms with Gasteiger partial charge in [0, 0.05) is 13.2 Å². The van der Waals surface area contributed by atoms with Crippen LogP contribution in [0.15, 0.2) is 0 Å². The molecule has 0 saturated carbocycles. The Morgan fingerprint density at radius 1 is 1.44 bits per heavy atom. The van der Waals surface area contributed by atoms with Crippen molar-refractivity contribution in [1.82, 2.24) is 5.32 Å². The second-order valence-corrected chi connectivity index (χ2v) is 4.47. The normalized spacial score (nSPS) is 27.9. The average molecular weight is 231 g/mol. The van der Waals surface area contributed by atoms with Crippen LogP contribution >= 0.6 is 0 Å². The van der Waals surface area contributed by atoms with Gasteiger partial charge in [0.05, 0.1) is 44.7 Å². The van der Waals surface area contributed by atoms with Crippen molar-refractivity contribution < 1.29 is 19.3 Å². The van der Waals surface area contributed by atoms with Gasteiger partial charge in [-0.3, -0.25) is 0 Å². The second kappa shape index (κ2) is 6.51. The molecule has 2 rings (SSSR count). The average Bonchev–Trinajstić information content (AvgIpc) is 2.68. The molecule has 0 amide bonds. The maximum Gasteiger partial charge on any atom is 0.0897 e. The van der Waals surface area contributed by atoms with Gasteiger partial charge in [-0.15, -0.1) is 0 Å². The van der Waals surface area contributed by atoms with E-state index in [0.29, 0.717) is 25.8 Å². The third-order valence-electron chi connectivity index (χ3n) is 2.92. The standard InChI is InChI=1S/C11H21NO4/c13-10(4-12-9-5-14-6-9)7-15-8-11-2-1-3-16-11/h9-13H,1-8H2. The third kappa shape index (κ3) is 3.99. The molecule has 0 radical (unpaired) electrons. The van der Waals surface area contributed by atoms with Crippen LogP contribution in [0.1, 0.15) is 12.8 Å². The van der Waals surface area contributed by atoms with Gasteiger partial charge in [-0.1, -0.05) is 0 Å². The first-order chi connectivity index (χ1) is 7.84. The van der Waals surface area contributed by atoms with Gasteiger partial charge in [0.15, 0.2) is 0 Å². The zero-order valence-electron chi connectivity index (χ0n) is 9.56. The van der Waals surface area contributed by atoms with E-state index in [0.717, 1.165) is 32.7 Å². The van der Waals surface area contributed by atoms with Gasteiger partial charge in [0.2, 0.25) is 0 Å². The number of rotatable bonds is 7. The Morgan fingerprint density at radius 2 is 2.31 bits per heavy atom. The van der Waals surface area contributed by atoms with Crippen LogP contribution in [0.5, 0.6) is 0 Å². The molecule has 0 aliphatic carbocycles. The number of hydrogen-bond acceptors (Lipinski definition) is 5. The maximum absolute atomic E-state index is 9.62. The molecule has 0 bridgehead atoms. The lowest BCUT2D eigenvalue weighted by Crippen LogP contribution is -2.49. The first kappa shape index (κ1) is 12.3. The van der Waals surface area contributed by atoms with Gasteiger partial charge in [0.1, 0.15) is 0 Å². The Bertz CT molecular complexity index is 192. The molecule has 2 heterocycles. The Balaban J connectivity index is 1.44. The van der Waals surface area contributed by atoms with Gasteiger partial charge in [0.25, 0.3) is 0 Å². The SMILES string of the molecule is OC(CNC1COC1)COCC1CCCO1. The number of nitrogens with one attached hydrogen (secondary N) is 1. The van der Waals surface area contributed by atoms with E-state index in [1.54, 1.807) is 0 Å². The molecule has 2 aliphatic rings. The Kier molecular flexibility index (Phi) is 4.99. The molecule has 16 heavy (non-hydrogen) atoms. The molecule has 0 aromatic heterocycles. The van der Waals surface area contributed by atoms with Crippen molar-refractivity contribution in [2.24, 2.45) is 0 Å². The molecule has 2 atom stereocenters. The third-order valence-corrected chi connectivity index (χ3v) is 2.92. The molecule has 0 spiro atoms. The summed E-state index contributed by atoms with van der Waals surface area (Å²) in [5, 5.41) is 12.8. The van der Waals surface area contributed by atoms with Gasteiger partial charge >= 0.3 is 0 Å². The lowest BCUT2D eigenvalue weighted by molar-refractivity contribution is -0.0301. The van der Waals surface area contributed by atoms with E-state index >= 15 is 0 Å². The molecule has 5 heteroatoms. The zero-order chi connectivity index (χ0) is 11.2. The van der Waals surface area contributed by atoms with Crippen LogP contribution in [0.2, 0.25) is 0 Å². The quantitative estimate of drug-likeness (QED) is 0.620. The zero-order valence-corrected chi connectivity index (χ0v) is 9.56. The summed E-state index contributed by atoms with van der Waals surface area (Å²) in [6.45, 7) is 3.90. The fraction of sp³-hybridized carbons (Fsp3) is 1.00. The maximum atomic E-state index is 9.62. The summed E-state index contributed by atoms with van der Waals surface area (Å²) < 4.78 is 15.9. The van der Waals surface area contributed by atoms with E-state index in [1.165, 1.54) is 0 Å². The molecule has 2 N–H and O–H groups in total. The van der Waals surface area contributed by atoms with E-state index in [1.807, 2.05) is 0 Å². The van der Waals surface area contributed by atoms with Crippen molar-refractivity contribution in [1.29, 1.82) is 0 Å². The van der Waals surface area contributed by atoms with Crippen LogP contribution in [0.25, 0.3) is 0 Å². The van der Waals surface area contributed by atoms with Crippen molar-refractivity contribution in [3.63, 3.8) is 0 Å². The summed E-state index contributed by atoms with van der Waals surface area (Å²) in [6, 6.07) is 0.410. The molecule has 0 aromatic rings. The lowest BCUT2D eigenvalue weighted by Gasteiger charge is -2.28. The first-order valence-corrected chi connectivity index (χ1v) is 6.03. The van der Waals surface area contributed by atoms with Crippen LogP contribution in [-0.4, -0.2) is 62.9 Å². The highest BCUT2D eigenvalue weighted by atomic mass is 16.5. The van der Waals surface area contributed by atoms with E-state index in [-0.39, 0.29) is 6.10 Å². The molecular weight excluding hydrogens is 210 g/mol. The summed E-state index contributed by atoms with van der Waals surface area (Å²) in [4.78, 5) is 0. The fourth-order valence-electron chi connectivity index (χ4n) is 1.83. The molecule has 2 saturated heterocycles. The lowest BCUT2D eigenvalue weighted by atomic mass is 10.2. The molecule has 94 valence electrons. The summed E-state index contributed by atoms with van der Waals surface area (Å²) in [5.74, 6) is 0. The van der Waals surface area contributed by atoms with Gasteiger partial charge in [-0.2, -0.15) is 0 Å². The largest absolute Gasteiger partial charge is 0.389 e. The van der Waals surface area contributed by atoms with Crippen LogP contribution in [0.4, 0.5) is 0 Å². The highest BCUT2D eigenvalue weighted by Crippen LogP contribution is 2.11. The highest BCUT2D eigenvalue weighted by molar-refractivity contribution is 4.74. The van der Waals surface area contributed by atoms with Crippen LogP contribution < -0.4 is 5.32 Å². The summed E-state index contributed by atoms with van der Waals surface area (Å²) in [7, 11) is 0. The summed E-state index contributed by atoms with van der Waals surface area (Å²) in [6.07, 6.45) is 2.00. The smallest absolute Gasteiger partial charge is 0.0897 e. The molecule has 2 unspecified atom stereocenters. The van der Waals surface area contributed by atoms with E-state index in [4.69, 9.17) is 14.2 Å². The molecule has 2 fully saturated rings. The number of ether oxygens (including phenoxy) is 3. The predicted molar refractivity (Wildman–Crippen MR) is 58.4 cm³/mol. The molecule has 5 nitrogen and oxygen atoms in total. The minimum absolute atomic E-state index is 0.236. The molecule has 2 aliphatic heterocycles.